The maximum Gasteiger partial charge on any atom is 0.331 e. The lowest BCUT2D eigenvalue weighted by molar-refractivity contribution is -0.138. The number of aromatic nitrogens is 2. The highest BCUT2D eigenvalue weighted by atomic mass is 35.5. The molecule has 0 saturated carbocycles. The molecule has 0 aliphatic rings. The lowest BCUT2D eigenvalue weighted by Crippen LogP contribution is -2.11. The number of benzene rings is 2. The molecule has 1 heterocycles. The number of carbonyl (C=O) groups excluding carboxylic acids is 2. The topological polar surface area (TPSA) is 87.2 Å². The quantitative estimate of drug-likeness (QED) is 0.458. The molecular weight excluding hydrogens is 402 g/mol. The Morgan fingerprint density at radius 2 is 1.93 bits per heavy atom. The van der Waals surface area contributed by atoms with E-state index >= 15 is 0 Å². The van der Waals surface area contributed by atoms with E-state index in [-0.39, 0.29) is 6.61 Å². The minimum absolute atomic E-state index is 0.0496. The average molecular weight is 424 g/mol. The molecule has 0 aliphatic carbocycles. The lowest BCUT2D eigenvalue weighted by atomic mass is 10.1. The number of halogens is 1. The molecule has 0 fully saturated rings. The Balaban J connectivity index is 1.66. The number of ether oxygens (including phenoxy) is 1. The van der Waals surface area contributed by atoms with Gasteiger partial charge in [-0.3, -0.25) is 9.48 Å². The first-order valence-electron chi connectivity index (χ1n) is 9.36. The number of amides is 1. The molecule has 2 N–H and O–H groups in total. The average Bonchev–Trinajstić information content (AvgIpc) is 2.99. The predicted molar refractivity (Wildman–Crippen MR) is 116 cm³/mol. The van der Waals surface area contributed by atoms with E-state index in [0.29, 0.717) is 22.7 Å². The van der Waals surface area contributed by atoms with Gasteiger partial charge in [0.15, 0.2) is 0 Å². The van der Waals surface area contributed by atoms with E-state index < -0.39 is 11.9 Å². The van der Waals surface area contributed by atoms with Gasteiger partial charge in [-0.2, -0.15) is 5.10 Å². The molecule has 2 aromatic carbocycles. The predicted octanol–water partition coefficient (Wildman–Crippen LogP) is 4.06. The summed E-state index contributed by atoms with van der Waals surface area (Å²) in [5.74, 6) is -1.01. The number of hydrogen-bond donors (Lipinski definition) is 1. The zero-order valence-corrected chi connectivity index (χ0v) is 17.5. The van der Waals surface area contributed by atoms with E-state index in [1.54, 1.807) is 30.3 Å². The first-order chi connectivity index (χ1) is 14.3. The molecule has 6 nitrogen and oxygen atoms in total. The van der Waals surface area contributed by atoms with Crippen LogP contribution in [0.2, 0.25) is 5.02 Å². The van der Waals surface area contributed by atoms with Gasteiger partial charge in [-0.1, -0.05) is 41.9 Å². The fourth-order valence-electron chi connectivity index (χ4n) is 3.06. The first kappa shape index (κ1) is 21.3. The molecule has 154 valence electrons. The zero-order valence-electron chi connectivity index (χ0n) is 16.8. The Morgan fingerprint density at radius 3 is 2.67 bits per heavy atom. The fourth-order valence-corrected chi connectivity index (χ4v) is 3.26. The third-order valence-corrected chi connectivity index (χ3v) is 5.06. The zero-order chi connectivity index (χ0) is 21.7. The molecule has 0 bridgehead atoms. The monoisotopic (exact) mass is 423 g/mol. The van der Waals surface area contributed by atoms with E-state index in [1.807, 2.05) is 42.8 Å². The van der Waals surface area contributed by atoms with Gasteiger partial charge in [0.25, 0.3) is 0 Å². The number of aryl methyl sites for hydroxylation is 1. The van der Waals surface area contributed by atoms with Crippen LogP contribution in [0.1, 0.15) is 38.4 Å². The van der Waals surface area contributed by atoms with Gasteiger partial charge in [0.1, 0.15) is 6.61 Å². The second kappa shape index (κ2) is 9.41. The van der Waals surface area contributed by atoms with Crippen molar-refractivity contribution in [2.75, 3.05) is 0 Å². The molecule has 30 heavy (non-hydrogen) atoms. The number of nitrogens with two attached hydrogens (primary N) is 1. The lowest BCUT2D eigenvalue weighted by Gasteiger charge is -2.06. The standard InChI is InChI=1S/C23H22ClN3O3/c1-15-20(16(2)27(26-15)13-19-7-3-4-9-21(19)24)10-11-22(28)30-14-17-6-5-8-18(12-17)23(25)29/h3-12H,13-14H2,1-2H3,(H2,25,29)/b11-10+. The molecule has 0 atom stereocenters. The number of hydrogen-bond acceptors (Lipinski definition) is 4. The van der Waals surface area contributed by atoms with Gasteiger partial charge in [-0.25, -0.2) is 4.79 Å². The molecule has 3 aromatic rings. The highest BCUT2D eigenvalue weighted by molar-refractivity contribution is 6.31. The van der Waals surface area contributed by atoms with Crippen molar-refractivity contribution >= 4 is 29.6 Å². The van der Waals surface area contributed by atoms with Crippen LogP contribution in [0.15, 0.2) is 54.6 Å². The third kappa shape index (κ3) is 5.15. The van der Waals surface area contributed by atoms with Gasteiger partial charge >= 0.3 is 5.97 Å². The summed E-state index contributed by atoms with van der Waals surface area (Å²) in [4.78, 5) is 23.4. The number of primary amides is 1. The largest absolute Gasteiger partial charge is 0.458 e. The molecule has 7 heteroatoms. The van der Waals surface area contributed by atoms with E-state index in [4.69, 9.17) is 22.1 Å². The normalized spacial score (nSPS) is 11.0. The highest BCUT2D eigenvalue weighted by Gasteiger charge is 2.11. The SMILES string of the molecule is Cc1nn(Cc2ccccc2Cl)c(C)c1/C=C/C(=O)OCc1cccc(C(N)=O)c1. The van der Waals surface area contributed by atoms with Crippen molar-refractivity contribution in [2.24, 2.45) is 5.73 Å². The molecule has 3 rings (SSSR count). The summed E-state index contributed by atoms with van der Waals surface area (Å²) in [5.41, 5.74) is 9.88. The molecule has 0 radical (unpaired) electrons. The summed E-state index contributed by atoms with van der Waals surface area (Å²) >= 11 is 6.25. The molecule has 0 unspecified atom stereocenters. The highest BCUT2D eigenvalue weighted by Crippen LogP contribution is 2.20. The summed E-state index contributed by atoms with van der Waals surface area (Å²) in [6.07, 6.45) is 3.07. The van der Waals surface area contributed by atoms with Crippen LogP contribution in [0.5, 0.6) is 0 Å². The molecule has 0 aliphatic heterocycles. The van der Waals surface area contributed by atoms with E-state index in [0.717, 1.165) is 22.5 Å². The van der Waals surface area contributed by atoms with Crippen LogP contribution in [-0.2, 0) is 22.7 Å². The van der Waals surface area contributed by atoms with Crippen LogP contribution in [-0.4, -0.2) is 21.7 Å². The van der Waals surface area contributed by atoms with Crippen molar-refractivity contribution < 1.29 is 14.3 Å². The summed E-state index contributed by atoms with van der Waals surface area (Å²) in [7, 11) is 0. The van der Waals surface area contributed by atoms with Crippen LogP contribution < -0.4 is 5.73 Å². The van der Waals surface area contributed by atoms with Gasteiger partial charge in [-0.15, -0.1) is 0 Å². The van der Waals surface area contributed by atoms with Crippen molar-refractivity contribution in [2.45, 2.75) is 27.0 Å². The van der Waals surface area contributed by atoms with Gasteiger partial charge < -0.3 is 10.5 Å². The van der Waals surface area contributed by atoms with Crippen LogP contribution in [0, 0.1) is 13.8 Å². The summed E-state index contributed by atoms with van der Waals surface area (Å²) in [6, 6.07) is 14.3. The molecule has 1 amide bonds. The molecule has 1 aromatic heterocycles. The van der Waals surface area contributed by atoms with Crippen molar-refractivity contribution in [1.29, 1.82) is 0 Å². The van der Waals surface area contributed by atoms with E-state index in [1.165, 1.54) is 6.08 Å². The van der Waals surface area contributed by atoms with Crippen molar-refractivity contribution in [1.82, 2.24) is 9.78 Å². The Labute approximate surface area is 179 Å². The van der Waals surface area contributed by atoms with Crippen molar-refractivity contribution in [3.63, 3.8) is 0 Å². The van der Waals surface area contributed by atoms with Gasteiger partial charge in [-0.05, 0) is 49.2 Å². The number of esters is 1. The van der Waals surface area contributed by atoms with Gasteiger partial charge in [0.2, 0.25) is 5.91 Å². The van der Waals surface area contributed by atoms with E-state index in [2.05, 4.69) is 5.10 Å². The van der Waals surface area contributed by atoms with Gasteiger partial charge in [0.05, 0.1) is 12.2 Å². The van der Waals surface area contributed by atoms with E-state index in [9.17, 15) is 9.59 Å². The number of rotatable bonds is 7. The summed E-state index contributed by atoms with van der Waals surface area (Å²) in [5, 5.41) is 5.24. The van der Waals surface area contributed by atoms with Crippen LogP contribution >= 0.6 is 11.6 Å². The number of nitrogens with zero attached hydrogens (tertiary/aromatic N) is 2. The van der Waals surface area contributed by atoms with Crippen LogP contribution in [0.25, 0.3) is 6.08 Å². The van der Waals surface area contributed by atoms with Crippen LogP contribution in [0.3, 0.4) is 0 Å². The second-order valence-corrected chi connectivity index (χ2v) is 7.25. The number of carbonyl (C=O) groups is 2. The fraction of sp³-hybridized carbons (Fsp3) is 0.174. The third-order valence-electron chi connectivity index (χ3n) is 4.69. The maximum atomic E-state index is 12.1. The Morgan fingerprint density at radius 1 is 1.17 bits per heavy atom. The smallest absolute Gasteiger partial charge is 0.331 e. The minimum Gasteiger partial charge on any atom is -0.458 e. The minimum atomic E-state index is -0.525. The summed E-state index contributed by atoms with van der Waals surface area (Å²) in [6.45, 7) is 4.42. The van der Waals surface area contributed by atoms with Gasteiger partial charge in [0, 0.05) is 27.9 Å². The Bertz CT molecular complexity index is 1120. The Kier molecular flexibility index (Phi) is 6.69. The molecule has 0 saturated heterocycles. The van der Waals surface area contributed by atoms with Crippen molar-refractivity contribution in [3.8, 4) is 0 Å². The molecular formula is C23H22ClN3O3. The van der Waals surface area contributed by atoms with Crippen molar-refractivity contribution in [3.05, 3.63) is 93.3 Å². The first-order valence-corrected chi connectivity index (χ1v) is 9.74. The summed E-state index contributed by atoms with van der Waals surface area (Å²) < 4.78 is 7.12. The molecule has 0 spiro atoms. The van der Waals surface area contributed by atoms with Crippen LogP contribution in [0.4, 0.5) is 0 Å². The second-order valence-electron chi connectivity index (χ2n) is 6.84. The Hall–Kier alpha value is -3.38. The maximum absolute atomic E-state index is 12.1.